The fourth-order valence-electron chi connectivity index (χ4n) is 2.16. The van der Waals surface area contributed by atoms with Crippen LogP contribution in [0.15, 0.2) is 36.4 Å². The summed E-state index contributed by atoms with van der Waals surface area (Å²) in [5, 5.41) is 9.17. The van der Waals surface area contributed by atoms with Crippen molar-refractivity contribution in [2.45, 2.75) is 20.4 Å². The number of carbonyl (C=O) groups excluding carboxylic acids is 1. The van der Waals surface area contributed by atoms with Crippen molar-refractivity contribution >= 4 is 11.9 Å². The Morgan fingerprint density at radius 2 is 2.00 bits per heavy atom. The Balaban J connectivity index is 2.28. The van der Waals surface area contributed by atoms with Gasteiger partial charge < -0.3 is 14.4 Å². The van der Waals surface area contributed by atoms with E-state index in [1.165, 1.54) is 0 Å². The van der Waals surface area contributed by atoms with Gasteiger partial charge in [-0.2, -0.15) is 0 Å². The molecule has 0 aliphatic heterocycles. The van der Waals surface area contributed by atoms with Crippen molar-refractivity contribution in [2.24, 2.45) is 0 Å². The van der Waals surface area contributed by atoms with E-state index in [9.17, 15) is 14.7 Å². The fraction of sp³-hybridized carbons (Fsp3) is 0.250. The number of rotatable bonds is 5. The minimum atomic E-state index is -0.968. The molecule has 0 spiro atoms. The highest BCUT2D eigenvalue weighted by molar-refractivity contribution is 5.89. The molecule has 0 saturated carbocycles. The van der Waals surface area contributed by atoms with Gasteiger partial charge in [-0.1, -0.05) is 12.1 Å². The predicted molar refractivity (Wildman–Crippen MR) is 77.6 cm³/mol. The molecule has 1 heterocycles. The molecular weight excluding hydrogens is 270 g/mol. The van der Waals surface area contributed by atoms with Gasteiger partial charge >= 0.3 is 11.9 Å². The number of hydrogen-bond acceptors (Lipinski definition) is 3. The Kier molecular flexibility index (Phi) is 4.42. The topological polar surface area (TPSA) is 68.5 Å². The molecule has 0 aliphatic carbocycles. The average Bonchev–Trinajstić information content (AvgIpc) is 2.81. The molecule has 1 aromatic heterocycles. The summed E-state index contributed by atoms with van der Waals surface area (Å²) in [6, 6.07) is 10.4. The molecule has 5 heteroatoms. The Labute approximate surface area is 122 Å². The van der Waals surface area contributed by atoms with Crippen molar-refractivity contribution < 1.29 is 19.4 Å². The van der Waals surface area contributed by atoms with Crippen molar-refractivity contribution in [3.63, 3.8) is 0 Å². The summed E-state index contributed by atoms with van der Waals surface area (Å²) in [7, 11) is 0. The molecule has 21 heavy (non-hydrogen) atoms. The maximum absolute atomic E-state index is 11.7. The second kappa shape index (κ2) is 6.26. The lowest BCUT2D eigenvalue weighted by atomic mass is 10.1. The lowest BCUT2D eigenvalue weighted by Gasteiger charge is -2.10. The van der Waals surface area contributed by atoms with Gasteiger partial charge in [0.25, 0.3) is 0 Å². The standard InChI is InChI=1S/C16H17NO4/c1-3-21-16(20)13-6-4-5-12(9-13)10-17-11(2)7-8-14(17)15(18)19/h4-9H,3,10H2,1-2H3,(H,18,19). The van der Waals surface area contributed by atoms with Gasteiger partial charge in [0.1, 0.15) is 5.69 Å². The van der Waals surface area contributed by atoms with Crippen LogP contribution in [0.4, 0.5) is 0 Å². The summed E-state index contributed by atoms with van der Waals surface area (Å²) in [5.74, 6) is -1.34. The quantitative estimate of drug-likeness (QED) is 0.858. The average molecular weight is 287 g/mol. The first-order valence-electron chi connectivity index (χ1n) is 6.68. The number of ether oxygens (including phenoxy) is 1. The molecule has 0 bridgehead atoms. The molecule has 0 radical (unpaired) electrons. The molecule has 1 aromatic carbocycles. The number of nitrogens with zero attached hydrogens (tertiary/aromatic N) is 1. The first-order chi connectivity index (χ1) is 10.0. The number of carbonyl (C=O) groups is 2. The SMILES string of the molecule is CCOC(=O)c1cccc(Cn2c(C)ccc2C(=O)O)c1. The number of carboxylic acid groups (broad SMARTS) is 1. The van der Waals surface area contributed by atoms with Crippen LogP contribution < -0.4 is 0 Å². The molecular formula is C16H17NO4. The number of carboxylic acids is 1. The maximum Gasteiger partial charge on any atom is 0.352 e. The van der Waals surface area contributed by atoms with Crippen LogP contribution in [0.3, 0.4) is 0 Å². The summed E-state index contributed by atoms with van der Waals surface area (Å²) >= 11 is 0. The van der Waals surface area contributed by atoms with Crippen LogP contribution in [-0.4, -0.2) is 28.2 Å². The zero-order valence-corrected chi connectivity index (χ0v) is 12.0. The third kappa shape index (κ3) is 3.31. The molecule has 5 nitrogen and oxygen atoms in total. The second-order valence-corrected chi connectivity index (χ2v) is 4.67. The van der Waals surface area contributed by atoms with Crippen LogP contribution in [0.2, 0.25) is 0 Å². The number of aromatic nitrogens is 1. The monoisotopic (exact) mass is 287 g/mol. The highest BCUT2D eigenvalue weighted by Gasteiger charge is 2.13. The molecule has 2 aromatic rings. The molecule has 0 atom stereocenters. The van der Waals surface area contributed by atoms with Gasteiger partial charge in [-0.05, 0) is 43.7 Å². The minimum absolute atomic E-state index is 0.231. The van der Waals surface area contributed by atoms with E-state index in [4.69, 9.17) is 4.74 Å². The summed E-state index contributed by atoms with van der Waals surface area (Å²) in [5.41, 5.74) is 2.40. The van der Waals surface area contributed by atoms with Gasteiger partial charge in [0.05, 0.1) is 12.2 Å². The lowest BCUT2D eigenvalue weighted by molar-refractivity contribution is 0.0525. The van der Waals surface area contributed by atoms with Gasteiger partial charge in [-0.15, -0.1) is 0 Å². The molecule has 0 unspecified atom stereocenters. The first kappa shape index (κ1) is 14.8. The smallest absolute Gasteiger partial charge is 0.352 e. The zero-order chi connectivity index (χ0) is 15.4. The Morgan fingerprint density at radius 3 is 2.67 bits per heavy atom. The number of benzene rings is 1. The van der Waals surface area contributed by atoms with Crippen LogP contribution in [-0.2, 0) is 11.3 Å². The molecule has 2 rings (SSSR count). The number of esters is 1. The van der Waals surface area contributed by atoms with Gasteiger partial charge in [0.15, 0.2) is 0 Å². The van der Waals surface area contributed by atoms with E-state index in [2.05, 4.69) is 0 Å². The molecule has 0 fully saturated rings. The summed E-state index contributed by atoms with van der Waals surface area (Å²) < 4.78 is 6.66. The molecule has 110 valence electrons. The van der Waals surface area contributed by atoms with Crippen LogP contribution in [0.1, 0.15) is 39.0 Å². The van der Waals surface area contributed by atoms with E-state index in [0.717, 1.165) is 11.3 Å². The van der Waals surface area contributed by atoms with Crippen LogP contribution >= 0.6 is 0 Å². The summed E-state index contributed by atoms with van der Waals surface area (Å²) in [6.07, 6.45) is 0. The van der Waals surface area contributed by atoms with Crippen molar-refractivity contribution in [1.82, 2.24) is 4.57 Å². The Morgan fingerprint density at radius 1 is 1.24 bits per heavy atom. The highest BCUT2D eigenvalue weighted by Crippen LogP contribution is 2.14. The van der Waals surface area contributed by atoms with E-state index in [0.29, 0.717) is 18.7 Å². The number of aryl methyl sites for hydroxylation is 1. The normalized spacial score (nSPS) is 10.4. The van der Waals surface area contributed by atoms with Crippen LogP contribution in [0.5, 0.6) is 0 Å². The predicted octanol–water partition coefficient (Wildman–Crippen LogP) is 2.72. The fourth-order valence-corrected chi connectivity index (χ4v) is 2.16. The Hall–Kier alpha value is -2.56. The molecule has 1 N–H and O–H groups in total. The first-order valence-corrected chi connectivity index (χ1v) is 6.68. The molecule has 0 amide bonds. The van der Waals surface area contributed by atoms with Crippen molar-refractivity contribution in [2.75, 3.05) is 6.61 Å². The largest absolute Gasteiger partial charge is 0.477 e. The zero-order valence-electron chi connectivity index (χ0n) is 12.0. The van der Waals surface area contributed by atoms with Crippen molar-refractivity contribution in [3.05, 3.63) is 58.9 Å². The lowest BCUT2D eigenvalue weighted by Crippen LogP contribution is -2.11. The van der Waals surface area contributed by atoms with Gasteiger partial charge in [-0.3, -0.25) is 0 Å². The van der Waals surface area contributed by atoms with Gasteiger partial charge in [0.2, 0.25) is 0 Å². The minimum Gasteiger partial charge on any atom is -0.477 e. The number of hydrogen-bond donors (Lipinski definition) is 1. The summed E-state index contributed by atoms with van der Waals surface area (Å²) in [4.78, 5) is 22.9. The number of aromatic carboxylic acids is 1. The highest BCUT2D eigenvalue weighted by atomic mass is 16.5. The third-order valence-electron chi connectivity index (χ3n) is 3.20. The van der Waals surface area contributed by atoms with Gasteiger partial charge in [0, 0.05) is 12.2 Å². The van der Waals surface area contributed by atoms with E-state index in [1.807, 2.05) is 13.0 Å². The summed E-state index contributed by atoms with van der Waals surface area (Å²) in [6.45, 7) is 4.32. The van der Waals surface area contributed by atoms with Crippen LogP contribution in [0, 0.1) is 6.92 Å². The maximum atomic E-state index is 11.7. The molecule has 0 saturated heterocycles. The molecule has 0 aliphatic rings. The van der Waals surface area contributed by atoms with E-state index >= 15 is 0 Å². The van der Waals surface area contributed by atoms with E-state index in [-0.39, 0.29) is 11.7 Å². The van der Waals surface area contributed by atoms with Gasteiger partial charge in [-0.25, -0.2) is 9.59 Å². The third-order valence-corrected chi connectivity index (χ3v) is 3.20. The van der Waals surface area contributed by atoms with E-state index in [1.54, 1.807) is 41.8 Å². The van der Waals surface area contributed by atoms with Crippen molar-refractivity contribution in [3.8, 4) is 0 Å². The second-order valence-electron chi connectivity index (χ2n) is 4.67. The Bertz CT molecular complexity index is 673. The van der Waals surface area contributed by atoms with Crippen LogP contribution in [0.25, 0.3) is 0 Å². The van der Waals surface area contributed by atoms with Crippen molar-refractivity contribution in [1.29, 1.82) is 0 Å². The van der Waals surface area contributed by atoms with E-state index < -0.39 is 5.97 Å².